The molecule has 8 nitrogen and oxygen atoms in total. The van der Waals surface area contributed by atoms with E-state index in [0.717, 1.165) is 13.1 Å². The second kappa shape index (κ2) is 13.4. The Bertz CT molecular complexity index is 1310. The van der Waals surface area contributed by atoms with Crippen molar-refractivity contribution < 1.29 is 9.59 Å². The predicted octanol–water partition coefficient (Wildman–Crippen LogP) is 5.34. The van der Waals surface area contributed by atoms with Gasteiger partial charge < -0.3 is 19.7 Å². The Morgan fingerprint density at radius 1 is 1.08 bits per heavy atom. The summed E-state index contributed by atoms with van der Waals surface area (Å²) in [6, 6.07) is 14.6. The normalized spacial score (nSPS) is 14.4. The van der Waals surface area contributed by atoms with Gasteiger partial charge in [-0.15, -0.1) is 16.8 Å². The molecule has 1 atom stereocenters. The first-order valence-corrected chi connectivity index (χ1v) is 14.5. The zero-order chi connectivity index (χ0) is 27.9. The summed E-state index contributed by atoms with van der Waals surface area (Å²) in [7, 11) is 0. The summed E-state index contributed by atoms with van der Waals surface area (Å²) in [6.07, 6.45) is 1.75. The molecule has 4 rings (SSSR count). The number of nitrogens with zero attached hydrogens (tertiary/aromatic N) is 5. The highest BCUT2D eigenvalue weighted by molar-refractivity contribution is 7.99. The molecule has 2 aromatic carbocycles. The van der Waals surface area contributed by atoms with Gasteiger partial charge in [0.1, 0.15) is 0 Å². The summed E-state index contributed by atoms with van der Waals surface area (Å²) in [5.74, 6) is 0.582. The van der Waals surface area contributed by atoms with E-state index in [1.807, 2.05) is 41.5 Å². The topological polar surface area (TPSA) is 83.4 Å². The van der Waals surface area contributed by atoms with Crippen LogP contribution in [0.25, 0.3) is 0 Å². The Morgan fingerprint density at radius 3 is 2.44 bits per heavy atom. The molecule has 0 unspecified atom stereocenters. The number of thioether (sulfide) groups is 1. The number of amides is 2. The van der Waals surface area contributed by atoms with Crippen LogP contribution in [0.1, 0.15) is 36.1 Å². The van der Waals surface area contributed by atoms with E-state index in [-0.39, 0.29) is 28.5 Å². The van der Waals surface area contributed by atoms with Crippen LogP contribution in [0.3, 0.4) is 0 Å². The first-order chi connectivity index (χ1) is 18.8. The standard InChI is InChI=1S/C28H32Cl2N6O2S/c1-4-12-36-26(25(19(2)3)31-27(38)22-11-10-20(29)17-23(22)30)32-33-28(36)39-18-24(37)35-15-13-34(14-16-35)21-8-6-5-7-9-21/h4-11,17,19,25H,1,12-16,18H2,2-3H3,(H,31,38)/t25-/m1/s1. The number of piperazine rings is 1. The van der Waals surface area contributed by atoms with Gasteiger partial charge in [0.25, 0.3) is 5.91 Å². The minimum absolute atomic E-state index is 0.00758. The van der Waals surface area contributed by atoms with Crippen molar-refractivity contribution >= 4 is 52.5 Å². The van der Waals surface area contributed by atoms with Crippen molar-refractivity contribution in [2.24, 2.45) is 5.92 Å². The smallest absolute Gasteiger partial charge is 0.253 e. The van der Waals surface area contributed by atoms with Gasteiger partial charge >= 0.3 is 0 Å². The van der Waals surface area contributed by atoms with Crippen molar-refractivity contribution in [1.82, 2.24) is 25.0 Å². The number of halogens is 2. The summed E-state index contributed by atoms with van der Waals surface area (Å²) in [5.41, 5.74) is 1.50. The summed E-state index contributed by atoms with van der Waals surface area (Å²) in [5, 5.41) is 13.2. The van der Waals surface area contributed by atoms with Crippen LogP contribution in [0.15, 0.2) is 66.3 Å². The highest BCUT2D eigenvalue weighted by Crippen LogP contribution is 2.27. The lowest BCUT2D eigenvalue weighted by Gasteiger charge is -2.36. The largest absolute Gasteiger partial charge is 0.368 e. The van der Waals surface area contributed by atoms with Crippen molar-refractivity contribution in [3.05, 3.63) is 82.6 Å². The molecule has 11 heteroatoms. The van der Waals surface area contributed by atoms with Crippen molar-refractivity contribution in [3.8, 4) is 0 Å². The number of anilines is 1. The monoisotopic (exact) mass is 586 g/mol. The maximum atomic E-state index is 13.1. The molecule has 0 aliphatic carbocycles. The number of benzene rings is 2. The average Bonchev–Trinajstić information content (AvgIpc) is 3.32. The van der Waals surface area contributed by atoms with E-state index >= 15 is 0 Å². The number of hydrogen-bond acceptors (Lipinski definition) is 6. The van der Waals surface area contributed by atoms with Crippen LogP contribution in [-0.2, 0) is 11.3 Å². The van der Waals surface area contributed by atoms with E-state index < -0.39 is 6.04 Å². The SMILES string of the molecule is C=CCn1c(SCC(=O)N2CCN(c3ccccc3)CC2)nnc1[C@H](NC(=O)c1ccc(Cl)cc1Cl)C(C)C. The molecule has 3 aromatic rings. The van der Waals surface area contributed by atoms with Gasteiger partial charge in [-0.2, -0.15) is 0 Å². The Hall–Kier alpha value is -3.01. The highest BCUT2D eigenvalue weighted by atomic mass is 35.5. The predicted molar refractivity (Wildman–Crippen MR) is 158 cm³/mol. The number of nitrogens with one attached hydrogen (secondary N) is 1. The van der Waals surface area contributed by atoms with Crippen LogP contribution in [0, 0.1) is 5.92 Å². The van der Waals surface area contributed by atoms with Crippen LogP contribution >= 0.6 is 35.0 Å². The Labute approximate surface area is 243 Å². The van der Waals surface area contributed by atoms with Crippen LogP contribution in [-0.4, -0.2) is 63.4 Å². The van der Waals surface area contributed by atoms with Gasteiger partial charge in [-0.25, -0.2) is 0 Å². The molecule has 1 aliphatic heterocycles. The number of allylic oxidation sites excluding steroid dienone is 1. The second-order valence-corrected chi connectivity index (χ2v) is 11.3. The van der Waals surface area contributed by atoms with Crippen LogP contribution in [0.4, 0.5) is 5.69 Å². The zero-order valence-electron chi connectivity index (χ0n) is 22.0. The van der Waals surface area contributed by atoms with E-state index in [4.69, 9.17) is 23.2 Å². The first-order valence-electron chi connectivity index (χ1n) is 12.8. The maximum absolute atomic E-state index is 13.1. The summed E-state index contributed by atoms with van der Waals surface area (Å²) in [6.45, 7) is 11.2. The molecule has 2 amide bonds. The van der Waals surface area contributed by atoms with E-state index in [1.54, 1.807) is 18.2 Å². The van der Waals surface area contributed by atoms with Gasteiger partial charge in [-0.05, 0) is 36.2 Å². The molecule has 1 saturated heterocycles. The molecule has 0 radical (unpaired) electrons. The summed E-state index contributed by atoms with van der Waals surface area (Å²) < 4.78 is 1.90. The lowest BCUT2D eigenvalue weighted by atomic mass is 10.0. The summed E-state index contributed by atoms with van der Waals surface area (Å²) in [4.78, 5) is 30.3. The quantitative estimate of drug-likeness (QED) is 0.255. The minimum atomic E-state index is -0.437. The molecule has 1 aromatic heterocycles. The number of carbonyl (C=O) groups is 2. The van der Waals surface area contributed by atoms with Gasteiger partial charge in [0.2, 0.25) is 5.91 Å². The zero-order valence-corrected chi connectivity index (χ0v) is 24.3. The second-order valence-electron chi connectivity index (χ2n) is 9.55. The Balaban J connectivity index is 1.42. The first kappa shape index (κ1) is 29.0. The molecular weight excluding hydrogens is 555 g/mol. The summed E-state index contributed by atoms with van der Waals surface area (Å²) >= 11 is 13.6. The molecule has 1 aliphatic rings. The molecule has 0 saturated carbocycles. The van der Waals surface area contributed by atoms with E-state index in [9.17, 15) is 9.59 Å². The van der Waals surface area contributed by atoms with Gasteiger partial charge in [0, 0.05) is 43.4 Å². The molecule has 2 heterocycles. The Kier molecular flexibility index (Phi) is 9.94. The van der Waals surface area contributed by atoms with E-state index in [1.165, 1.54) is 23.5 Å². The van der Waals surface area contributed by atoms with E-state index in [0.29, 0.717) is 41.2 Å². The van der Waals surface area contributed by atoms with Crippen molar-refractivity contribution in [1.29, 1.82) is 0 Å². The van der Waals surface area contributed by atoms with Gasteiger partial charge in [-0.1, -0.05) is 73.1 Å². The molecule has 0 bridgehead atoms. The number of rotatable bonds is 10. The number of aromatic nitrogens is 3. The molecule has 1 fully saturated rings. The third-order valence-electron chi connectivity index (χ3n) is 6.54. The average molecular weight is 588 g/mol. The fourth-order valence-electron chi connectivity index (χ4n) is 4.43. The molecular formula is C28H32Cl2N6O2S. The fourth-order valence-corrected chi connectivity index (χ4v) is 5.78. The molecule has 1 N–H and O–H groups in total. The van der Waals surface area contributed by atoms with Crippen molar-refractivity contribution in [2.75, 3.05) is 36.8 Å². The van der Waals surface area contributed by atoms with Gasteiger partial charge in [-0.3, -0.25) is 9.59 Å². The van der Waals surface area contributed by atoms with Gasteiger partial charge in [0.15, 0.2) is 11.0 Å². The fraction of sp³-hybridized carbons (Fsp3) is 0.357. The van der Waals surface area contributed by atoms with Crippen molar-refractivity contribution in [2.45, 2.75) is 31.6 Å². The maximum Gasteiger partial charge on any atom is 0.253 e. The third kappa shape index (κ3) is 7.15. The van der Waals surface area contributed by atoms with Crippen LogP contribution < -0.4 is 10.2 Å². The number of hydrogen-bond donors (Lipinski definition) is 1. The Morgan fingerprint density at radius 2 is 1.79 bits per heavy atom. The third-order valence-corrected chi connectivity index (χ3v) is 8.04. The number of para-hydroxylation sites is 1. The molecule has 0 spiro atoms. The number of carbonyl (C=O) groups excluding carboxylic acids is 2. The molecule has 39 heavy (non-hydrogen) atoms. The lowest BCUT2D eigenvalue weighted by Crippen LogP contribution is -2.49. The highest BCUT2D eigenvalue weighted by Gasteiger charge is 2.28. The van der Waals surface area contributed by atoms with Crippen LogP contribution in [0.5, 0.6) is 0 Å². The van der Waals surface area contributed by atoms with E-state index in [2.05, 4.69) is 39.1 Å². The minimum Gasteiger partial charge on any atom is -0.368 e. The lowest BCUT2D eigenvalue weighted by molar-refractivity contribution is -0.128. The van der Waals surface area contributed by atoms with Crippen molar-refractivity contribution in [3.63, 3.8) is 0 Å². The van der Waals surface area contributed by atoms with Gasteiger partial charge in [0.05, 0.1) is 22.4 Å². The molecule has 206 valence electrons. The van der Waals surface area contributed by atoms with Crippen LogP contribution in [0.2, 0.25) is 10.0 Å².